The molecule has 2 aromatic carbocycles. The fourth-order valence-electron chi connectivity index (χ4n) is 2.62. The molecule has 1 unspecified atom stereocenters. The van der Waals surface area contributed by atoms with Crippen LogP contribution in [0, 0.1) is 14.9 Å². The van der Waals surface area contributed by atoms with Crippen molar-refractivity contribution >= 4 is 14.9 Å². The van der Waals surface area contributed by atoms with E-state index in [9.17, 15) is 0 Å². The summed E-state index contributed by atoms with van der Waals surface area (Å²) in [5.74, 6) is 0. The second-order valence-corrected chi connectivity index (χ2v) is 8.36. The zero-order valence-corrected chi connectivity index (χ0v) is 19.9. The van der Waals surface area contributed by atoms with Crippen molar-refractivity contribution in [2.75, 3.05) is 0 Å². The summed E-state index contributed by atoms with van der Waals surface area (Å²) in [5, 5.41) is 0. The van der Waals surface area contributed by atoms with E-state index in [0.717, 1.165) is 5.54 Å². The molecule has 0 fully saturated rings. The summed E-state index contributed by atoms with van der Waals surface area (Å²) in [7, 11) is -0.211. The molecule has 1 radical (unpaired) electrons. The van der Waals surface area contributed by atoms with Crippen LogP contribution in [0.25, 0.3) is 6.08 Å². The van der Waals surface area contributed by atoms with Crippen molar-refractivity contribution in [1.29, 1.82) is 0 Å². The zero-order valence-electron chi connectivity index (χ0n) is 15.3. The van der Waals surface area contributed by atoms with Crippen LogP contribution in [-0.4, -0.2) is 8.80 Å². The van der Waals surface area contributed by atoms with Gasteiger partial charge in [0.15, 0.2) is 0 Å². The van der Waals surface area contributed by atoms with Gasteiger partial charge in [0.1, 0.15) is 0 Å². The minimum absolute atomic E-state index is 0. The molecule has 1 aliphatic rings. The number of hydrogen-bond acceptors (Lipinski definition) is 0. The first-order valence-electron chi connectivity index (χ1n) is 7.50. The summed E-state index contributed by atoms with van der Waals surface area (Å²) in [6, 6.07) is 17.2. The van der Waals surface area contributed by atoms with Crippen molar-refractivity contribution < 1.29 is 25.8 Å². The van der Waals surface area contributed by atoms with Crippen LogP contribution in [0.3, 0.4) is 0 Å². The van der Waals surface area contributed by atoms with Gasteiger partial charge in [-0.05, 0) is 16.7 Å². The fraction of sp³-hybridized carbons (Fsp3) is 0.286. The predicted octanol–water partition coefficient (Wildman–Crippen LogP) is 6.35. The van der Waals surface area contributed by atoms with Crippen LogP contribution < -0.4 is 0 Å². The molecule has 0 nitrogen and oxygen atoms in total. The van der Waals surface area contributed by atoms with Gasteiger partial charge in [0.25, 0.3) is 0 Å². The van der Waals surface area contributed by atoms with Gasteiger partial charge in [0.05, 0.1) is 8.80 Å². The van der Waals surface area contributed by atoms with Crippen LogP contribution in [0.4, 0.5) is 0 Å². The van der Waals surface area contributed by atoms with Gasteiger partial charge in [-0.15, -0.1) is 0 Å². The number of aryl methyl sites for hydroxylation is 1. The normalized spacial score (nSPS) is 13.8. The number of allylic oxidation sites excluding steroid dienone is 1. The van der Waals surface area contributed by atoms with Crippen LogP contribution >= 0.6 is 0 Å². The second-order valence-electron chi connectivity index (χ2n) is 5.59. The molecular formula is C21H30HfSi-3. The van der Waals surface area contributed by atoms with Crippen molar-refractivity contribution in [2.24, 2.45) is 0 Å². The SMILES string of the molecule is CCCc1cc[cH-]c1.C[Si](C)C1C=Cc2ccccc21.[CH3-].[CH3-].[Hf]. The molecule has 125 valence electrons. The van der Waals surface area contributed by atoms with E-state index in [1.807, 2.05) is 0 Å². The van der Waals surface area contributed by atoms with Crippen LogP contribution in [-0.2, 0) is 32.3 Å². The van der Waals surface area contributed by atoms with Gasteiger partial charge in [0, 0.05) is 25.8 Å². The third-order valence-electron chi connectivity index (χ3n) is 3.69. The van der Waals surface area contributed by atoms with Gasteiger partial charge in [-0.1, -0.05) is 69.3 Å². The van der Waals surface area contributed by atoms with Crippen molar-refractivity contribution in [3.63, 3.8) is 0 Å². The Kier molecular flexibility index (Phi) is 13.7. The maximum atomic E-state index is 2.38. The van der Waals surface area contributed by atoms with Crippen LogP contribution in [0.5, 0.6) is 0 Å². The van der Waals surface area contributed by atoms with Crippen LogP contribution in [0.15, 0.2) is 54.6 Å². The Morgan fingerprint density at radius 2 is 1.78 bits per heavy atom. The maximum absolute atomic E-state index is 2.38. The summed E-state index contributed by atoms with van der Waals surface area (Å²) in [5.41, 5.74) is 5.17. The summed E-state index contributed by atoms with van der Waals surface area (Å²) < 4.78 is 0. The molecule has 0 N–H and O–H groups in total. The Bertz CT molecular complexity index is 541. The second kappa shape index (κ2) is 12.8. The molecule has 0 bridgehead atoms. The van der Waals surface area contributed by atoms with Crippen molar-refractivity contribution in [2.45, 2.75) is 38.4 Å². The maximum Gasteiger partial charge on any atom is 0.0548 e. The molecule has 2 aromatic rings. The molecule has 0 saturated carbocycles. The molecule has 1 aliphatic carbocycles. The molecule has 0 aromatic heterocycles. The first-order valence-corrected chi connectivity index (χ1v) is 10.1. The zero-order chi connectivity index (χ0) is 14.4. The molecule has 3 rings (SSSR count). The molecule has 1 atom stereocenters. The number of rotatable bonds is 3. The smallest absolute Gasteiger partial charge is 0.0548 e. The van der Waals surface area contributed by atoms with Gasteiger partial charge in [0.2, 0.25) is 0 Å². The topological polar surface area (TPSA) is 0 Å². The third-order valence-corrected chi connectivity index (χ3v) is 5.44. The van der Waals surface area contributed by atoms with E-state index in [4.69, 9.17) is 0 Å². The Morgan fingerprint density at radius 3 is 2.35 bits per heavy atom. The van der Waals surface area contributed by atoms with Crippen molar-refractivity contribution in [1.82, 2.24) is 0 Å². The molecular weight excluding hydrogens is 459 g/mol. The van der Waals surface area contributed by atoms with Gasteiger partial charge in [-0.3, -0.25) is 0 Å². The van der Waals surface area contributed by atoms with Crippen LogP contribution in [0.2, 0.25) is 13.1 Å². The molecule has 2 heteroatoms. The standard InChI is InChI=1S/C11H13Si.C8H11.2CH3.Hf/c1-12(2)11-8-7-9-5-3-4-6-10(9)11;1-2-5-8-6-3-4-7-8;;;/h3-8,11H,1-2H3;3-4,6-7H,2,5H2,1H3;2*1H3;/q;3*-1;. The first-order chi connectivity index (χ1) is 9.72. The molecule has 0 spiro atoms. The van der Waals surface area contributed by atoms with Crippen LogP contribution in [0.1, 0.15) is 35.6 Å². The van der Waals surface area contributed by atoms with E-state index >= 15 is 0 Å². The minimum Gasteiger partial charge on any atom is -0.358 e. The quantitative estimate of drug-likeness (QED) is 0.349. The summed E-state index contributed by atoms with van der Waals surface area (Å²) in [6.07, 6.45) is 7.10. The van der Waals surface area contributed by atoms with E-state index in [2.05, 4.69) is 80.7 Å². The summed E-state index contributed by atoms with van der Waals surface area (Å²) in [6.45, 7) is 6.95. The Hall–Kier alpha value is -0.603. The molecule has 0 saturated heterocycles. The molecule has 0 amide bonds. The molecule has 0 heterocycles. The average Bonchev–Trinajstić information content (AvgIpc) is 3.08. The molecule has 23 heavy (non-hydrogen) atoms. The van der Waals surface area contributed by atoms with E-state index in [0.29, 0.717) is 0 Å². The Labute approximate surface area is 164 Å². The van der Waals surface area contributed by atoms with E-state index < -0.39 is 0 Å². The summed E-state index contributed by atoms with van der Waals surface area (Å²) in [4.78, 5) is 0. The van der Waals surface area contributed by atoms with E-state index in [1.54, 1.807) is 0 Å². The fourth-order valence-corrected chi connectivity index (χ4v) is 3.99. The summed E-state index contributed by atoms with van der Waals surface area (Å²) >= 11 is 0. The van der Waals surface area contributed by atoms with Gasteiger partial charge in [-0.25, -0.2) is 6.07 Å². The van der Waals surface area contributed by atoms with E-state index in [-0.39, 0.29) is 49.5 Å². The average molecular weight is 489 g/mol. The van der Waals surface area contributed by atoms with Gasteiger partial charge < -0.3 is 14.9 Å². The van der Waals surface area contributed by atoms with Gasteiger partial charge >= 0.3 is 0 Å². The first kappa shape index (κ1) is 24.6. The van der Waals surface area contributed by atoms with Crippen molar-refractivity contribution in [3.8, 4) is 0 Å². The van der Waals surface area contributed by atoms with E-state index in [1.165, 1.54) is 29.5 Å². The number of hydrogen-bond donors (Lipinski definition) is 0. The largest absolute Gasteiger partial charge is 0.358 e. The number of benzene rings is 1. The monoisotopic (exact) mass is 490 g/mol. The number of fused-ring (bicyclic) bond motifs is 1. The third kappa shape index (κ3) is 7.22. The molecule has 0 aliphatic heterocycles. The van der Waals surface area contributed by atoms with Crippen molar-refractivity contribution in [3.05, 3.63) is 86.2 Å². The van der Waals surface area contributed by atoms with Gasteiger partial charge in [-0.2, -0.15) is 23.8 Å². The minimum atomic E-state index is -0.211. The Balaban J connectivity index is 0. The predicted molar refractivity (Wildman–Crippen MR) is 105 cm³/mol. The Morgan fingerprint density at radius 1 is 1.09 bits per heavy atom.